The number of rotatable bonds is 4. The number of amides is 1. The van der Waals surface area contributed by atoms with E-state index in [2.05, 4.69) is 17.0 Å². The summed E-state index contributed by atoms with van der Waals surface area (Å²) >= 11 is 5.96. The molecular formula is C22H21ClN2O4. The quantitative estimate of drug-likeness (QED) is 0.606. The highest BCUT2D eigenvalue weighted by atomic mass is 35.5. The number of hydrogen-bond acceptors (Lipinski definition) is 5. The Hall–Kier alpha value is -2.99. The molecule has 4 rings (SSSR count). The molecule has 1 aliphatic rings. The van der Waals surface area contributed by atoms with E-state index in [-0.39, 0.29) is 11.7 Å². The van der Waals surface area contributed by atoms with Crippen molar-refractivity contribution in [3.63, 3.8) is 0 Å². The number of fused-ring (bicyclic) bond motifs is 1. The molecule has 1 atom stereocenters. The van der Waals surface area contributed by atoms with Crippen LogP contribution in [0.25, 0.3) is 11.0 Å². The molecule has 0 radical (unpaired) electrons. The third kappa shape index (κ3) is 4.22. The van der Waals surface area contributed by atoms with Crippen LogP contribution >= 0.6 is 11.6 Å². The zero-order chi connectivity index (χ0) is 20.4. The summed E-state index contributed by atoms with van der Waals surface area (Å²) in [7, 11) is 0. The third-order valence-corrected chi connectivity index (χ3v) is 5.26. The summed E-state index contributed by atoms with van der Waals surface area (Å²) in [6.07, 6.45) is -0.887. The number of ether oxygens (including phenoxy) is 1. The molecule has 0 unspecified atom stereocenters. The smallest absolute Gasteiger partial charge is 0.375 e. The lowest BCUT2D eigenvalue weighted by atomic mass is 10.2. The molecule has 0 spiro atoms. The second-order valence-corrected chi connectivity index (χ2v) is 7.42. The van der Waals surface area contributed by atoms with Crippen molar-refractivity contribution in [1.82, 2.24) is 4.90 Å². The molecule has 2 aromatic carbocycles. The Morgan fingerprint density at radius 2 is 1.76 bits per heavy atom. The largest absolute Gasteiger partial charge is 0.449 e. The van der Waals surface area contributed by atoms with Gasteiger partial charge in [-0.05, 0) is 43.3 Å². The van der Waals surface area contributed by atoms with Gasteiger partial charge in [-0.2, -0.15) is 0 Å². The maximum atomic E-state index is 12.7. The molecule has 1 aliphatic heterocycles. The van der Waals surface area contributed by atoms with Crippen molar-refractivity contribution in [3.8, 4) is 0 Å². The van der Waals surface area contributed by atoms with E-state index in [1.807, 2.05) is 18.2 Å². The summed E-state index contributed by atoms with van der Waals surface area (Å²) in [5.74, 6) is -0.817. The standard InChI is InChI=1S/C22H21ClN2O4/c1-15(28-22(27)20-14-16-13-17(23)7-8-19(16)29-20)21(26)25-11-9-24(10-12-25)18-5-3-2-4-6-18/h2-8,13-15H,9-12H2,1H3/t15-/m0/s1. The summed E-state index contributed by atoms with van der Waals surface area (Å²) in [5.41, 5.74) is 1.68. The zero-order valence-corrected chi connectivity index (χ0v) is 16.8. The van der Waals surface area contributed by atoms with Crippen molar-refractivity contribution in [3.05, 3.63) is 65.4 Å². The van der Waals surface area contributed by atoms with Gasteiger partial charge in [0.05, 0.1) is 0 Å². The number of halogens is 1. The van der Waals surface area contributed by atoms with E-state index in [1.54, 1.807) is 36.1 Å². The number of anilines is 1. The van der Waals surface area contributed by atoms with Gasteiger partial charge in [-0.1, -0.05) is 29.8 Å². The predicted octanol–water partition coefficient (Wildman–Crippen LogP) is 3.98. The number of piperazine rings is 1. The van der Waals surface area contributed by atoms with Gasteiger partial charge in [0.25, 0.3) is 5.91 Å². The Balaban J connectivity index is 1.35. The van der Waals surface area contributed by atoms with Crippen molar-refractivity contribution in [1.29, 1.82) is 0 Å². The van der Waals surface area contributed by atoms with Crippen molar-refractivity contribution in [2.75, 3.05) is 31.1 Å². The summed E-state index contributed by atoms with van der Waals surface area (Å²) in [5, 5.41) is 1.26. The highest BCUT2D eigenvalue weighted by molar-refractivity contribution is 6.31. The first-order valence-corrected chi connectivity index (χ1v) is 9.88. The van der Waals surface area contributed by atoms with E-state index in [9.17, 15) is 9.59 Å². The summed E-state index contributed by atoms with van der Waals surface area (Å²) in [6.45, 7) is 4.22. The molecule has 0 N–H and O–H groups in total. The number of hydrogen-bond donors (Lipinski definition) is 0. The molecule has 1 amide bonds. The molecule has 7 heteroatoms. The normalized spacial score (nSPS) is 15.4. The fourth-order valence-corrected chi connectivity index (χ4v) is 3.65. The molecule has 6 nitrogen and oxygen atoms in total. The average Bonchev–Trinajstić information content (AvgIpc) is 3.17. The van der Waals surface area contributed by atoms with Gasteiger partial charge in [0.15, 0.2) is 6.10 Å². The van der Waals surface area contributed by atoms with E-state index in [1.165, 1.54) is 0 Å². The molecule has 150 valence electrons. The molecule has 1 fully saturated rings. The third-order valence-electron chi connectivity index (χ3n) is 5.02. The van der Waals surface area contributed by atoms with Crippen molar-refractivity contribution in [2.24, 2.45) is 0 Å². The van der Waals surface area contributed by atoms with Gasteiger partial charge in [-0.3, -0.25) is 4.79 Å². The topological polar surface area (TPSA) is 63.0 Å². The Morgan fingerprint density at radius 1 is 1.03 bits per heavy atom. The molecule has 2 heterocycles. The van der Waals surface area contributed by atoms with Gasteiger partial charge < -0.3 is 19.0 Å². The van der Waals surface area contributed by atoms with E-state index < -0.39 is 12.1 Å². The summed E-state index contributed by atoms with van der Waals surface area (Å²) in [6, 6.07) is 16.7. The Morgan fingerprint density at radius 3 is 2.48 bits per heavy atom. The lowest BCUT2D eigenvalue weighted by molar-refractivity contribution is -0.140. The van der Waals surface area contributed by atoms with E-state index >= 15 is 0 Å². The SMILES string of the molecule is C[C@H](OC(=O)c1cc2cc(Cl)ccc2o1)C(=O)N1CCN(c2ccccc2)CC1. The van der Waals surface area contributed by atoms with Crippen LogP contribution in [0.3, 0.4) is 0 Å². The van der Waals surface area contributed by atoms with Crippen LogP contribution in [-0.4, -0.2) is 49.1 Å². The van der Waals surface area contributed by atoms with Crippen molar-refractivity contribution < 1.29 is 18.7 Å². The van der Waals surface area contributed by atoms with Crippen LogP contribution in [0, 0.1) is 0 Å². The molecule has 0 bridgehead atoms. The molecule has 29 heavy (non-hydrogen) atoms. The monoisotopic (exact) mass is 412 g/mol. The van der Waals surface area contributed by atoms with Crippen LogP contribution in [0.5, 0.6) is 0 Å². The van der Waals surface area contributed by atoms with Crippen LogP contribution in [0.4, 0.5) is 5.69 Å². The first-order chi connectivity index (χ1) is 14.0. The first kappa shape index (κ1) is 19.3. The van der Waals surface area contributed by atoms with Gasteiger partial charge in [-0.15, -0.1) is 0 Å². The second kappa shape index (κ2) is 8.17. The number of furan rings is 1. The lowest BCUT2D eigenvalue weighted by Crippen LogP contribution is -2.51. The fourth-order valence-electron chi connectivity index (χ4n) is 3.46. The minimum absolute atomic E-state index is 0.0517. The number of esters is 1. The van der Waals surface area contributed by atoms with Gasteiger partial charge in [0.1, 0.15) is 5.58 Å². The molecule has 1 saturated heterocycles. The molecule has 0 saturated carbocycles. The maximum absolute atomic E-state index is 12.7. The fraction of sp³-hybridized carbons (Fsp3) is 0.273. The second-order valence-electron chi connectivity index (χ2n) is 6.99. The van der Waals surface area contributed by atoms with Crippen LogP contribution in [-0.2, 0) is 9.53 Å². The highest BCUT2D eigenvalue weighted by Crippen LogP contribution is 2.24. The molecule has 1 aromatic heterocycles. The number of carbonyl (C=O) groups excluding carboxylic acids is 2. The molecular weight excluding hydrogens is 392 g/mol. The molecule has 3 aromatic rings. The Kier molecular flexibility index (Phi) is 5.45. The highest BCUT2D eigenvalue weighted by Gasteiger charge is 2.28. The zero-order valence-electron chi connectivity index (χ0n) is 16.0. The minimum Gasteiger partial charge on any atom is -0.449 e. The van der Waals surface area contributed by atoms with Crippen LogP contribution in [0.2, 0.25) is 5.02 Å². The number of nitrogens with zero attached hydrogens (tertiary/aromatic N) is 2. The van der Waals surface area contributed by atoms with Gasteiger partial charge in [0, 0.05) is 42.3 Å². The van der Waals surface area contributed by atoms with E-state index in [4.69, 9.17) is 20.8 Å². The van der Waals surface area contributed by atoms with Crippen LogP contribution < -0.4 is 4.90 Å². The van der Waals surface area contributed by atoms with Gasteiger partial charge in [0.2, 0.25) is 5.76 Å². The van der Waals surface area contributed by atoms with Gasteiger partial charge in [-0.25, -0.2) is 4.79 Å². The average molecular weight is 413 g/mol. The number of carbonyl (C=O) groups is 2. The van der Waals surface area contributed by atoms with Gasteiger partial charge >= 0.3 is 5.97 Å². The number of benzene rings is 2. The van der Waals surface area contributed by atoms with Crippen molar-refractivity contribution >= 4 is 40.1 Å². The van der Waals surface area contributed by atoms with Crippen LogP contribution in [0.15, 0.2) is 59.0 Å². The Labute approximate surface area is 173 Å². The van der Waals surface area contributed by atoms with E-state index in [0.29, 0.717) is 29.1 Å². The molecule has 0 aliphatic carbocycles. The first-order valence-electron chi connectivity index (χ1n) is 9.50. The van der Waals surface area contributed by atoms with Crippen LogP contribution in [0.1, 0.15) is 17.5 Å². The number of para-hydroxylation sites is 1. The summed E-state index contributed by atoms with van der Waals surface area (Å²) < 4.78 is 10.9. The lowest BCUT2D eigenvalue weighted by Gasteiger charge is -2.36. The Bertz CT molecular complexity index is 1030. The predicted molar refractivity (Wildman–Crippen MR) is 111 cm³/mol. The summed E-state index contributed by atoms with van der Waals surface area (Å²) in [4.78, 5) is 29.1. The van der Waals surface area contributed by atoms with Crippen molar-refractivity contribution in [2.45, 2.75) is 13.0 Å². The maximum Gasteiger partial charge on any atom is 0.375 e. The van der Waals surface area contributed by atoms with E-state index in [0.717, 1.165) is 18.8 Å². The minimum atomic E-state index is -0.887.